The molecular weight excluding hydrogens is 540 g/mol. The number of nitrogens with one attached hydrogen (secondary N) is 1. The summed E-state index contributed by atoms with van der Waals surface area (Å²) in [6.45, 7) is 5.97. The van der Waals surface area contributed by atoms with Crippen molar-refractivity contribution in [2.75, 3.05) is 45.7 Å². The Hall–Kier alpha value is -3.87. The Kier molecular flexibility index (Phi) is 9.69. The molecule has 5 rings (SSSR count). The number of rotatable bonds is 6. The Balaban J connectivity index is 1.40. The summed E-state index contributed by atoms with van der Waals surface area (Å²) < 4.78 is 5.23. The van der Waals surface area contributed by atoms with Crippen LogP contribution in [0, 0.1) is 11.8 Å². The molecule has 2 amide bonds. The van der Waals surface area contributed by atoms with Gasteiger partial charge in [0.25, 0.3) is 0 Å². The van der Waals surface area contributed by atoms with E-state index in [0.717, 1.165) is 17.7 Å². The molecule has 3 N–H and O–H groups in total. The van der Waals surface area contributed by atoms with E-state index in [0.29, 0.717) is 30.6 Å². The summed E-state index contributed by atoms with van der Waals surface area (Å²) in [5.74, 6) is 7.32. The third-order valence-corrected chi connectivity index (χ3v) is 8.74. The summed E-state index contributed by atoms with van der Waals surface area (Å²) in [5.41, 5.74) is 3.73. The van der Waals surface area contributed by atoms with Crippen molar-refractivity contribution in [1.29, 1.82) is 0 Å². The van der Waals surface area contributed by atoms with Crippen LogP contribution in [0.3, 0.4) is 0 Å². The van der Waals surface area contributed by atoms with E-state index in [4.69, 9.17) is 4.74 Å². The smallest absolute Gasteiger partial charge is 0.321 e. The van der Waals surface area contributed by atoms with Gasteiger partial charge in [-0.1, -0.05) is 42.2 Å². The maximum atomic E-state index is 13.5. The largest absolute Gasteiger partial charge is 0.497 e. The highest BCUT2D eigenvalue weighted by molar-refractivity contribution is 5.89. The van der Waals surface area contributed by atoms with Crippen LogP contribution in [-0.4, -0.2) is 102 Å². The molecule has 5 atom stereocenters. The van der Waals surface area contributed by atoms with Gasteiger partial charge in [0.15, 0.2) is 0 Å². The van der Waals surface area contributed by atoms with E-state index in [1.807, 2.05) is 30.3 Å². The Morgan fingerprint density at radius 3 is 2.19 bits per heavy atom. The first-order valence-electron chi connectivity index (χ1n) is 14.9. The van der Waals surface area contributed by atoms with Gasteiger partial charge in [0.1, 0.15) is 5.75 Å². The van der Waals surface area contributed by atoms with Crippen LogP contribution in [-0.2, 0) is 0 Å². The summed E-state index contributed by atoms with van der Waals surface area (Å²) in [4.78, 5) is 19.7. The van der Waals surface area contributed by atoms with E-state index in [-0.39, 0.29) is 30.6 Å². The van der Waals surface area contributed by atoms with Crippen LogP contribution in [0.4, 0.5) is 10.5 Å². The monoisotopic (exact) mass is 582 g/mol. The molecule has 0 unspecified atom stereocenters. The molecule has 0 spiro atoms. The zero-order valence-corrected chi connectivity index (χ0v) is 25.4. The number of hydrogen-bond donors (Lipinski definition) is 3. The van der Waals surface area contributed by atoms with Crippen molar-refractivity contribution in [1.82, 2.24) is 14.7 Å². The van der Waals surface area contributed by atoms with Crippen molar-refractivity contribution in [3.8, 4) is 17.6 Å². The second-order valence-corrected chi connectivity index (χ2v) is 11.8. The highest BCUT2D eigenvalue weighted by Crippen LogP contribution is 2.43. The minimum Gasteiger partial charge on any atom is -0.497 e. The number of carbonyl (C=O) groups excluding carboxylic acids is 1. The minimum absolute atomic E-state index is 0.0180. The summed E-state index contributed by atoms with van der Waals surface area (Å²) in [6, 6.07) is 25.6. The number of aliphatic hydroxyl groups is 2. The van der Waals surface area contributed by atoms with Crippen molar-refractivity contribution < 1.29 is 19.7 Å². The molecule has 0 aromatic heterocycles. The van der Waals surface area contributed by atoms with Crippen molar-refractivity contribution in [2.24, 2.45) is 0 Å². The van der Waals surface area contributed by atoms with Crippen molar-refractivity contribution in [3.05, 3.63) is 95.6 Å². The fourth-order valence-corrected chi connectivity index (χ4v) is 5.95. The molecule has 2 aliphatic rings. The average Bonchev–Trinajstić information content (AvgIpc) is 3.01. The number of urea groups is 1. The van der Waals surface area contributed by atoms with Crippen LogP contribution in [0.5, 0.6) is 5.75 Å². The second-order valence-electron chi connectivity index (χ2n) is 11.8. The Bertz CT molecular complexity index is 1420. The molecule has 0 aliphatic carbocycles. The molecule has 8 heteroatoms. The highest BCUT2D eigenvalue weighted by atomic mass is 16.5. The summed E-state index contributed by atoms with van der Waals surface area (Å²) in [6.07, 6.45) is -2.02. The highest BCUT2D eigenvalue weighted by Gasteiger charge is 2.52. The summed E-state index contributed by atoms with van der Waals surface area (Å²) in [5, 5.41) is 24.7. The predicted molar refractivity (Wildman–Crippen MR) is 169 cm³/mol. The Morgan fingerprint density at radius 2 is 1.56 bits per heavy atom. The standard InChI is InChI=1S/C35H42N4O4/c1-24(2)37(3)20-30-34(27-14-12-26(13-15-27)11-10-25-8-6-5-7-9-25)31-21-38(22-32(40)33(41)23-39(30)31)35(42)36-28-16-18-29(43-4)19-17-28/h5-9,12-19,24,30-34,40-41H,20-23H2,1-4H3,(H,36,42)/t30-,31+,32-,33+,34+/m1/s1. The number of carbonyl (C=O) groups is 1. The van der Waals surface area contributed by atoms with Gasteiger partial charge in [-0.3, -0.25) is 4.90 Å². The lowest BCUT2D eigenvalue weighted by Crippen LogP contribution is -2.72. The van der Waals surface area contributed by atoms with Gasteiger partial charge in [0.05, 0.1) is 25.9 Å². The quantitative estimate of drug-likeness (QED) is 0.383. The van der Waals surface area contributed by atoms with E-state index in [9.17, 15) is 15.0 Å². The first-order chi connectivity index (χ1) is 20.7. The number of fused-ring (bicyclic) bond motifs is 1. The molecule has 0 radical (unpaired) electrons. The normalized spacial score (nSPS) is 23.8. The molecule has 2 saturated heterocycles. The minimum atomic E-state index is -1.05. The lowest BCUT2D eigenvalue weighted by molar-refractivity contribution is -0.107. The predicted octanol–water partition coefficient (Wildman–Crippen LogP) is 3.84. The number of aliphatic hydroxyl groups excluding tert-OH is 2. The van der Waals surface area contributed by atoms with Crippen molar-refractivity contribution in [2.45, 2.75) is 50.1 Å². The van der Waals surface area contributed by atoms with E-state index < -0.39 is 12.2 Å². The molecule has 8 nitrogen and oxygen atoms in total. The van der Waals surface area contributed by atoms with Crippen LogP contribution in [0.2, 0.25) is 0 Å². The van der Waals surface area contributed by atoms with Crippen LogP contribution in [0.25, 0.3) is 0 Å². The number of hydrogen-bond acceptors (Lipinski definition) is 6. The molecule has 3 aromatic carbocycles. The average molecular weight is 583 g/mol. The lowest BCUT2D eigenvalue weighted by Gasteiger charge is -2.59. The van der Waals surface area contributed by atoms with Gasteiger partial charge in [0, 0.05) is 60.5 Å². The van der Waals surface area contributed by atoms with Crippen molar-refractivity contribution >= 4 is 11.7 Å². The Labute approximate surface area is 254 Å². The first-order valence-corrected chi connectivity index (χ1v) is 14.9. The van der Waals surface area contributed by atoms with Gasteiger partial charge in [-0.15, -0.1) is 0 Å². The topological polar surface area (TPSA) is 88.5 Å². The van der Waals surface area contributed by atoms with Gasteiger partial charge in [0.2, 0.25) is 0 Å². The van der Waals surface area contributed by atoms with Gasteiger partial charge in [-0.2, -0.15) is 0 Å². The number of nitrogens with zero attached hydrogens (tertiary/aromatic N) is 3. The van der Waals surface area contributed by atoms with E-state index in [1.54, 1.807) is 36.3 Å². The third-order valence-electron chi connectivity index (χ3n) is 8.74. The van der Waals surface area contributed by atoms with Crippen LogP contribution < -0.4 is 10.1 Å². The fourth-order valence-electron chi connectivity index (χ4n) is 5.95. The van der Waals surface area contributed by atoms with Crippen LogP contribution in [0.15, 0.2) is 78.9 Å². The lowest BCUT2D eigenvalue weighted by atomic mass is 9.73. The number of likely N-dealkylation sites (N-methyl/N-ethyl adjacent to an activating group) is 1. The molecular formula is C35H42N4O4. The number of β-amino-alcohol motifs (C(OH)–C–C–N with tert-alkyl or cyclic N) is 1. The SMILES string of the molecule is COc1ccc(NC(=O)N2C[C@@H](O)[C@@H](O)CN3[C@H](CN(C)C(C)C)[C@H](c4ccc(C#Cc5ccccc5)cc4)[C@@H]3C2)cc1. The fraction of sp³-hybridized carbons (Fsp3) is 0.400. The van der Waals surface area contributed by atoms with Crippen LogP contribution in [0.1, 0.15) is 36.5 Å². The zero-order chi connectivity index (χ0) is 30.5. The first kappa shape index (κ1) is 30.6. The van der Waals surface area contributed by atoms with Crippen molar-refractivity contribution in [3.63, 3.8) is 0 Å². The van der Waals surface area contributed by atoms with Gasteiger partial charge in [-0.25, -0.2) is 4.79 Å². The number of ether oxygens (including phenoxy) is 1. The maximum absolute atomic E-state index is 13.5. The molecule has 2 aliphatic heterocycles. The number of anilines is 1. The molecule has 2 fully saturated rings. The summed E-state index contributed by atoms with van der Waals surface area (Å²) >= 11 is 0. The van der Waals surface area contributed by atoms with Crippen LogP contribution >= 0.6 is 0 Å². The number of benzene rings is 3. The molecule has 0 saturated carbocycles. The van der Waals surface area contributed by atoms with Gasteiger partial charge in [-0.05, 0) is 75.0 Å². The molecule has 0 bridgehead atoms. The maximum Gasteiger partial charge on any atom is 0.321 e. The molecule has 226 valence electrons. The molecule has 43 heavy (non-hydrogen) atoms. The van der Waals surface area contributed by atoms with E-state index in [2.05, 4.69) is 72.1 Å². The Morgan fingerprint density at radius 1 is 0.930 bits per heavy atom. The third kappa shape index (κ3) is 7.20. The van der Waals surface area contributed by atoms with Gasteiger partial charge >= 0.3 is 6.03 Å². The van der Waals surface area contributed by atoms with Gasteiger partial charge < -0.3 is 30.1 Å². The van der Waals surface area contributed by atoms with E-state index >= 15 is 0 Å². The number of amides is 2. The molecule has 3 aromatic rings. The second kappa shape index (κ2) is 13.6. The number of methoxy groups -OCH3 is 1. The summed E-state index contributed by atoms with van der Waals surface area (Å²) in [7, 11) is 3.71. The van der Waals surface area contributed by atoms with E-state index in [1.165, 1.54) is 5.56 Å². The zero-order valence-electron chi connectivity index (χ0n) is 25.4. The molecule has 2 heterocycles.